The summed E-state index contributed by atoms with van der Waals surface area (Å²) in [6.45, 7) is 11.0. The van der Waals surface area contributed by atoms with Gasteiger partial charge in [-0.3, -0.25) is 4.79 Å². The van der Waals surface area contributed by atoms with Crippen molar-refractivity contribution in [1.82, 2.24) is 0 Å². The summed E-state index contributed by atoms with van der Waals surface area (Å²) in [6, 6.07) is 0. The van der Waals surface area contributed by atoms with Crippen molar-refractivity contribution in [2.75, 3.05) is 0 Å². The Morgan fingerprint density at radius 2 is 2.05 bits per heavy atom. The van der Waals surface area contributed by atoms with E-state index in [1.165, 1.54) is 29.6 Å². The van der Waals surface area contributed by atoms with Gasteiger partial charge in [-0.15, -0.1) is 5.73 Å². The minimum atomic E-state index is 0.284. The number of allylic oxidation sites excluding steroid dienone is 7. The quantitative estimate of drug-likeness (QED) is 0.359. The summed E-state index contributed by atoms with van der Waals surface area (Å²) in [5, 5.41) is 0. The smallest absolute Gasteiger partial charge is 0.142 e. The second-order valence-corrected chi connectivity index (χ2v) is 6.61. The van der Waals surface area contributed by atoms with Crippen LogP contribution in [-0.2, 0) is 4.79 Å². The van der Waals surface area contributed by atoms with E-state index in [1.54, 1.807) is 6.08 Å². The first-order valence-electron chi connectivity index (χ1n) is 7.76. The predicted molar refractivity (Wildman–Crippen MR) is 91.2 cm³/mol. The van der Waals surface area contributed by atoms with E-state index in [4.69, 9.17) is 0 Å². The van der Waals surface area contributed by atoms with Crippen LogP contribution < -0.4 is 0 Å². The fourth-order valence-electron chi connectivity index (χ4n) is 2.75. The Bertz CT molecular complexity index is 532. The zero-order valence-corrected chi connectivity index (χ0v) is 14.1. The topological polar surface area (TPSA) is 17.1 Å². The Morgan fingerprint density at radius 1 is 1.33 bits per heavy atom. The highest BCUT2D eigenvalue weighted by Crippen LogP contribution is 2.40. The Balaban J connectivity index is 2.76. The van der Waals surface area contributed by atoms with E-state index in [2.05, 4.69) is 45.6 Å². The molecule has 0 bridgehead atoms. The van der Waals surface area contributed by atoms with Crippen LogP contribution in [0.3, 0.4) is 0 Å². The first-order chi connectivity index (χ1) is 9.86. The van der Waals surface area contributed by atoms with Crippen LogP contribution in [-0.4, -0.2) is 6.29 Å². The lowest BCUT2D eigenvalue weighted by atomic mass is 9.73. The van der Waals surface area contributed by atoms with Crippen LogP contribution in [0.2, 0.25) is 0 Å². The zero-order chi connectivity index (χ0) is 15.9. The van der Waals surface area contributed by atoms with Gasteiger partial charge < -0.3 is 0 Å². The zero-order valence-electron chi connectivity index (χ0n) is 14.1. The normalized spacial score (nSPS) is 19.8. The van der Waals surface area contributed by atoms with Gasteiger partial charge >= 0.3 is 0 Å². The standard InChI is InChI=1S/C20H28O/c1-16(8-6-9-17(2)13-15-21)11-12-19-18(3)10-7-14-20(19,4)5/h6,10,12-13,15H,7,9,11,14H2,1-5H3/b17-13+,19-12-. The lowest BCUT2D eigenvalue weighted by Gasteiger charge is -2.32. The summed E-state index contributed by atoms with van der Waals surface area (Å²) in [5.74, 6) is 0. The van der Waals surface area contributed by atoms with Gasteiger partial charge in [-0.1, -0.05) is 37.1 Å². The van der Waals surface area contributed by atoms with Crippen molar-refractivity contribution in [3.63, 3.8) is 0 Å². The SMILES string of the molecule is CC(=C=CC/C(C)=C/C=O)C/C=C1/C(C)=CCCC1(C)C. The van der Waals surface area contributed by atoms with E-state index in [0.29, 0.717) is 0 Å². The minimum absolute atomic E-state index is 0.284. The molecule has 0 saturated carbocycles. The van der Waals surface area contributed by atoms with Crippen molar-refractivity contribution in [2.45, 2.75) is 60.3 Å². The number of rotatable bonds is 5. The molecule has 21 heavy (non-hydrogen) atoms. The van der Waals surface area contributed by atoms with Gasteiger partial charge in [-0.2, -0.15) is 0 Å². The van der Waals surface area contributed by atoms with Gasteiger partial charge in [0.2, 0.25) is 0 Å². The number of hydrogen-bond donors (Lipinski definition) is 0. The molecule has 0 radical (unpaired) electrons. The van der Waals surface area contributed by atoms with Crippen LogP contribution in [0.1, 0.15) is 60.3 Å². The second-order valence-electron chi connectivity index (χ2n) is 6.61. The van der Waals surface area contributed by atoms with Gasteiger partial charge in [0.1, 0.15) is 6.29 Å². The Kier molecular flexibility index (Phi) is 6.65. The summed E-state index contributed by atoms with van der Waals surface area (Å²) < 4.78 is 0. The van der Waals surface area contributed by atoms with Gasteiger partial charge in [-0.05, 0) is 75.2 Å². The fraction of sp³-hybridized carbons (Fsp3) is 0.500. The highest BCUT2D eigenvalue weighted by molar-refractivity contribution is 5.65. The molecule has 1 aliphatic carbocycles. The average Bonchev–Trinajstić information content (AvgIpc) is 2.37. The molecule has 0 aromatic heterocycles. The van der Waals surface area contributed by atoms with Gasteiger partial charge in [0.15, 0.2) is 0 Å². The number of hydrogen-bond acceptors (Lipinski definition) is 1. The van der Waals surface area contributed by atoms with Crippen molar-refractivity contribution in [3.8, 4) is 0 Å². The molecule has 0 aromatic rings. The lowest BCUT2D eigenvalue weighted by molar-refractivity contribution is -0.104. The number of carbonyl (C=O) groups is 1. The van der Waals surface area contributed by atoms with E-state index in [0.717, 1.165) is 24.7 Å². The van der Waals surface area contributed by atoms with E-state index in [1.807, 2.05) is 13.0 Å². The molecule has 0 unspecified atom stereocenters. The molecule has 114 valence electrons. The third-order valence-corrected chi connectivity index (χ3v) is 4.11. The maximum Gasteiger partial charge on any atom is 0.142 e. The molecule has 0 saturated heterocycles. The molecular formula is C20H28O. The van der Waals surface area contributed by atoms with Crippen LogP contribution in [0.5, 0.6) is 0 Å². The molecule has 0 fully saturated rings. The van der Waals surface area contributed by atoms with Crippen molar-refractivity contribution in [3.05, 3.63) is 52.3 Å². The lowest BCUT2D eigenvalue weighted by Crippen LogP contribution is -2.18. The highest BCUT2D eigenvalue weighted by atomic mass is 16.1. The van der Waals surface area contributed by atoms with Crippen LogP contribution in [0.25, 0.3) is 0 Å². The van der Waals surface area contributed by atoms with Gasteiger partial charge in [-0.25, -0.2) is 0 Å². The fourth-order valence-corrected chi connectivity index (χ4v) is 2.75. The van der Waals surface area contributed by atoms with Crippen molar-refractivity contribution < 1.29 is 4.79 Å². The molecule has 0 amide bonds. The molecule has 0 spiro atoms. The number of aldehydes is 1. The molecule has 0 aromatic carbocycles. The van der Waals surface area contributed by atoms with Crippen LogP contribution in [0, 0.1) is 5.41 Å². The van der Waals surface area contributed by atoms with Crippen molar-refractivity contribution in [1.29, 1.82) is 0 Å². The summed E-state index contributed by atoms with van der Waals surface area (Å²) in [7, 11) is 0. The van der Waals surface area contributed by atoms with Crippen LogP contribution in [0.15, 0.2) is 52.3 Å². The molecule has 1 heteroatoms. The van der Waals surface area contributed by atoms with Gasteiger partial charge in [0.05, 0.1) is 0 Å². The van der Waals surface area contributed by atoms with Crippen LogP contribution >= 0.6 is 0 Å². The summed E-state index contributed by atoms with van der Waals surface area (Å²) in [6.07, 6.45) is 13.3. The molecule has 1 aliphatic rings. The first kappa shape index (κ1) is 17.5. The third kappa shape index (κ3) is 5.73. The van der Waals surface area contributed by atoms with Gasteiger partial charge in [0.25, 0.3) is 0 Å². The van der Waals surface area contributed by atoms with E-state index >= 15 is 0 Å². The minimum Gasteiger partial charge on any atom is -0.299 e. The molecule has 0 aliphatic heterocycles. The van der Waals surface area contributed by atoms with E-state index < -0.39 is 0 Å². The Morgan fingerprint density at radius 3 is 2.67 bits per heavy atom. The maximum atomic E-state index is 10.4. The molecule has 0 N–H and O–H groups in total. The third-order valence-electron chi connectivity index (χ3n) is 4.11. The van der Waals surface area contributed by atoms with Gasteiger partial charge in [0, 0.05) is 0 Å². The van der Waals surface area contributed by atoms with E-state index in [-0.39, 0.29) is 5.41 Å². The number of carbonyl (C=O) groups excluding carboxylic acids is 1. The Labute approximate surface area is 129 Å². The van der Waals surface area contributed by atoms with Crippen molar-refractivity contribution >= 4 is 6.29 Å². The van der Waals surface area contributed by atoms with E-state index in [9.17, 15) is 4.79 Å². The Hall–Kier alpha value is -1.59. The molecule has 0 atom stereocenters. The van der Waals surface area contributed by atoms with Crippen molar-refractivity contribution in [2.24, 2.45) is 5.41 Å². The first-order valence-corrected chi connectivity index (χ1v) is 7.76. The monoisotopic (exact) mass is 284 g/mol. The predicted octanol–water partition coefficient (Wildman–Crippen LogP) is 5.71. The highest BCUT2D eigenvalue weighted by Gasteiger charge is 2.26. The van der Waals surface area contributed by atoms with Crippen LogP contribution in [0.4, 0.5) is 0 Å². The maximum absolute atomic E-state index is 10.4. The summed E-state index contributed by atoms with van der Waals surface area (Å²) in [4.78, 5) is 10.4. The molecule has 1 rings (SSSR count). The summed E-state index contributed by atoms with van der Waals surface area (Å²) >= 11 is 0. The second kappa shape index (κ2) is 8.00. The molecule has 1 nitrogen and oxygen atoms in total. The largest absolute Gasteiger partial charge is 0.299 e. The average molecular weight is 284 g/mol. The summed E-state index contributed by atoms with van der Waals surface area (Å²) in [5.41, 5.74) is 8.81. The molecule has 0 heterocycles. The molecular weight excluding hydrogens is 256 g/mol.